The number of hydrogen-bond donors (Lipinski definition) is 2. The molecule has 0 fully saturated rings. The molecule has 2 N–H and O–H groups in total. The molecule has 2 aromatic rings. The first-order valence-corrected chi connectivity index (χ1v) is 11.1. The van der Waals surface area contributed by atoms with Crippen LogP contribution in [0.1, 0.15) is 25.0 Å². The van der Waals surface area contributed by atoms with Gasteiger partial charge in [-0.3, -0.25) is 0 Å². The average molecular weight is 485 g/mol. The summed E-state index contributed by atoms with van der Waals surface area (Å²) in [4.78, 5) is 22.1. The normalized spacial score (nSPS) is 12.7. The van der Waals surface area contributed by atoms with Gasteiger partial charge in [-0.2, -0.15) is 0 Å². The highest BCUT2D eigenvalue weighted by Gasteiger charge is 2.23. The summed E-state index contributed by atoms with van der Waals surface area (Å²) in [6.07, 6.45) is 0.176. The second-order valence-electron chi connectivity index (χ2n) is 8.27. The number of hydrogen-bond acceptors (Lipinski definition) is 8. The molecule has 35 heavy (non-hydrogen) atoms. The maximum atomic E-state index is 11.0. The minimum atomic E-state index is -0.945. The number of carbonyl (C=O) groups excluding carboxylic acids is 2. The molecule has 0 saturated heterocycles. The Bertz CT molecular complexity index is 900. The predicted molar refractivity (Wildman–Crippen MR) is 130 cm³/mol. The average Bonchev–Trinajstić information content (AvgIpc) is 2.88. The first kappa shape index (κ1) is 27.6. The number of esters is 2. The fraction of sp³-hybridized carbons (Fsp3) is 0.333. The van der Waals surface area contributed by atoms with Crippen molar-refractivity contribution in [2.24, 2.45) is 0 Å². The van der Waals surface area contributed by atoms with E-state index in [2.05, 4.69) is 27.0 Å². The van der Waals surface area contributed by atoms with E-state index in [1.807, 2.05) is 48.5 Å². The van der Waals surface area contributed by atoms with E-state index in [9.17, 15) is 19.8 Å². The van der Waals surface area contributed by atoms with Crippen LogP contribution in [0.25, 0.3) is 0 Å². The van der Waals surface area contributed by atoms with Gasteiger partial charge in [0, 0.05) is 17.6 Å². The van der Waals surface area contributed by atoms with E-state index in [4.69, 9.17) is 18.9 Å². The summed E-state index contributed by atoms with van der Waals surface area (Å²) in [5.74, 6) is -0.0295. The van der Waals surface area contributed by atoms with Gasteiger partial charge in [-0.1, -0.05) is 51.3 Å². The Morgan fingerprint density at radius 1 is 0.743 bits per heavy atom. The molecular formula is C27H32O8. The van der Waals surface area contributed by atoms with E-state index in [0.29, 0.717) is 11.5 Å². The maximum absolute atomic E-state index is 11.0. The summed E-state index contributed by atoms with van der Waals surface area (Å²) in [6, 6.07) is 15.1. The van der Waals surface area contributed by atoms with Crippen LogP contribution in [0.4, 0.5) is 0 Å². The Balaban J connectivity index is 1.89. The Labute approximate surface area is 205 Å². The summed E-state index contributed by atoms with van der Waals surface area (Å²) in [6.45, 7) is 10.4. The summed E-state index contributed by atoms with van der Waals surface area (Å²) >= 11 is 0. The lowest BCUT2D eigenvalue weighted by molar-refractivity contribution is -0.142. The molecule has 0 amide bonds. The van der Waals surface area contributed by atoms with Gasteiger partial charge in [0.25, 0.3) is 0 Å². The molecule has 2 aromatic carbocycles. The van der Waals surface area contributed by atoms with Crippen LogP contribution in [0.15, 0.2) is 73.8 Å². The van der Waals surface area contributed by atoms with Crippen LogP contribution in [-0.2, 0) is 24.5 Å². The van der Waals surface area contributed by atoms with Crippen molar-refractivity contribution in [3.05, 3.63) is 85.0 Å². The van der Waals surface area contributed by atoms with Crippen LogP contribution in [-0.4, -0.2) is 60.8 Å². The molecule has 0 spiro atoms. The van der Waals surface area contributed by atoms with Crippen LogP contribution in [0.5, 0.6) is 11.5 Å². The number of carbonyl (C=O) groups is 2. The number of ether oxygens (including phenoxy) is 4. The quantitative estimate of drug-likeness (QED) is 0.311. The van der Waals surface area contributed by atoms with Gasteiger partial charge in [0.05, 0.1) is 0 Å². The zero-order chi connectivity index (χ0) is 25.8. The third kappa shape index (κ3) is 8.92. The van der Waals surface area contributed by atoms with E-state index in [0.717, 1.165) is 23.3 Å². The highest BCUT2D eigenvalue weighted by Crippen LogP contribution is 2.33. The highest BCUT2D eigenvalue weighted by molar-refractivity contribution is 5.81. The van der Waals surface area contributed by atoms with Crippen LogP contribution in [0.2, 0.25) is 0 Å². The van der Waals surface area contributed by atoms with E-state index in [-0.39, 0.29) is 31.8 Å². The van der Waals surface area contributed by atoms with Gasteiger partial charge in [0.2, 0.25) is 0 Å². The minimum Gasteiger partial charge on any atom is -0.491 e. The van der Waals surface area contributed by atoms with Crippen molar-refractivity contribution in [3.63, 3.8) is 0 Å². The zero-order valence-electron chi connectivity index (χ0n) is 20.0. The number of aliphatic hydroxyl groups is 2. The molecule has 0 aliphatic carbocycles. The van der Waals surface area contributed by atoms with Crippen molar-refractivity contribution < 1.29 is 38.7 Å². The van der Waals surface area contributed by atoms with Crippen molar-refractivity contribution in [3.8, 4) is 11.5 Å². The molecule has 2 atom stereocenters. The first-order chi connectivity index (χ1) is 16.6. The van der Waals surface area contributed by atoms with Gasteiger partial charge in [0.1, 0.15) is 50.1 Å². The van der Waals surface area contributed by atoms with Crippen LogP contribution >= 0.6 is 0 Å². The molecule has 0 saturated carbocycles. The lowest BCUT2D eigenvalue weighted by atomic mass is 9.78. The van der Waals surface area contributed by atoms with Crippen LogP contribution in [0.3, 0.4) is 0 Å². The Morgan fingerprint density at radius 3 is 1.40 bits per heavy atom. The number of aliphatic hydroxyl groups excluding tert-OH is 2. The molecule has 0 heterocycles. The molecule has 188 valence electrons. The molecule has 2 rings (SSSR count). The third-order valence-electron chi connectivity index (χ3n) is 5.21. The second kappa shape index (κ2) is 13.3. The zero-order valence-corrected chi connectivity index (χ0v) is 20.0. The Morgan fingerprint density at radius 2 is 1.09 bits per heavy atom. The van der Waals surface area contributed by atoms with E-state index < -0.39 is 24.1 Å². The fourth-order valence-corrected chi connectivity index (χ4v) is 3.06. The summed E-state index contributed by atoms with van der Waals surface area (Å²) < 4.78 is 20.7. The SMILES string of the molecule is C=CC(=O)OC[C@@H](O)COc1ccc(C(C)(C)c2ccc(OC[C@H](O)COC(=O)C=C)cc2)cc1. The highest BCUT2D eigenvalue weighted by atomic mass is 16.6. The smallest absolute Gasteiger partial charge is 0.330 e. The van der Waals surface area contributed by atoms with Gasteiger partial charge in [0.15, 0.2) is 0 Å². The maximum Gasteiger partial charge on any atom is 0.330 e. The van der Waals surface area contributed by atoms with Crippen molar-refractivity contribution in [1.29, 1.82) is 0 Å². The fourth-order valence-electron chi connectivity index (χ4n) is 3.06. The van der Waals surface area contributed by atoms with Crippen molar-refractivity contribution in [2.75, 3.05) is 26.4 Å². The van der Waals surface area contributed by atoms with Crippen LogP contribution in [0, 0.1) is 0 Å². The molecule has 8 nitrogen and oxygen atoms in total. The monoisotopic (exact) mass is 484 g/mol. The summed E-state index contributed by atoms with van der Waals surface area (Å²) in [5.41, 5.74) is 1.80. The number of benzene rings is 2. The molecule has 0 aromatic heterocycles. The van der Waals surface area contributed by atoms with Gasteiger partial charge in [-0.25, -0.2) is 9.59 Å². The summed E-state index contributed by atoms with van der Waals surface area (Å²) in [7, 11) is 0. The van der Waals surface area contributed by atoms with Crippen LogP contribution < -0.4 is 9.47 Å². The predicted octanol–water partition coefficient (Wildman–Crippen LogP) is 2.95. The molecular weight excluding hydrogens is 452 g/mol. The molecule has 0 bridgehead atoms. The largest absolute Gasteiger partial charge is 0.491 e. The Kier molecular flexibility index (Phi) is 10.5. The Hall–Kier alpha value is -3.62. The summed E-state index contributed by atoms with van der Waals surface area (Å²) in [5, 5.41) is 19.7. The topological polar surface area (TPSA) is 112 Å². The third-order valence-corrected chi connectivity index (χ3v) is 5.21. The van der Waals surface area contributed by atoms with Gasteiger partial charge >= 0.3 is 11.9 Å². The lowest BCUT2D eigenvalue weighted by Crippen LogP contribution is -2.25. The molecule has 0 aliphatic rings. The standard InChI is InChI=1S/C27H32O8/c1-5-25(30)34-17-21(28)15-32-23-11-7-19(8-12-23)27(3,4)20-9-13-24(14-10-20)33-16-22(29)18-35-26(31)6-2/h5-14,21-22,28-29H,1-2,15-18H2,3-4H3/t21-,22-/m0/s1. The van der Waals surface area contributed by atoms with Crippen molar-refractivity contribution in [1.82, 2.24) is 0 Å². The number of rotatable bonds is 14. The molecule has 0 unspecified atom stereocenters. The van der Waals surface area contributed by atoms with Crippen molar-refractivity contribution >= 4 is 11.9 Å². The first-order valence-electron chi connectivity index (χ1n) is 11.1. The molecule has 0 radical (unpaired) electrons. The van der Waals surface area contributed by atoms with Gasteiger partial charge in [-0.15, -0.1) is 0 Å². The molecule has 0 aliphatic heterocycles. The van der Waals surface area contributed by atoms with Gasteiger partial charge in [-0.05, 0) is 35.4 Å². The van der Waals surface area contributed by atoms with E-state index in [1.165, 1.54) is 0 Å². The van der Waals surface area contributed by atoms with E-state index in [1.54, 1.807) is 0 Å². The minimum absolute atomic E-state index is 0.0139. The lowest BCUT2D eigenvalue weighted by Gasteiger charge is -2.26. The van der Waals surface area contributed by atoms with E-state index >= 15 is 0 Å². The second-order valence-corrected chi connectivity index (χ2v) is 8.27. The van der Waals surface area contributed by atoms with Crippen molar-refractivity contribution in [2.45, 2.75) is 31.5 Å². The molecule has 8 heteroatoms. The van der Waals surface area contributed by atoms with Gasteiger partial charge < -0.3 is 29.2 Å².